The number of nitrogens with one attached hydrogen (secondary N) is 1. The Kier molecular flexibility index (Phi) is 4.79. The molecule has 4 nitrogen and oxygen atoms in total. The Bertz CT molecular complexity index is 445. The predicted octanol–water partition coefficient (Wildman–Crippen LogP) is 3.65. The maximum Gasteiger partial charge on any atom is 0.162 e. The summed E-state index contributed by atoms with van der Waals surface area (Å²) in [7, 11) is 1.77. The molecular formula is C14H22BrN3O. The van der Waals surface area contributed by atoms with E-state index in [4.69, 9.17) is 14.7 Å². The third kappa shape index (κ3) is 2.77. The Morgan fingerprint density at radius 2 is 1.95 bits per heavy atom. The fourth-order valence-electron chi connectivity index (χ4n) is 2.68. The number of halogens is 1. The molecule has 1 aromatic heterocycles. The number of anilines is 1. The van der Waals surface area contributed by atoms with Crippen LogP contribution in [0.5, 0.6) is 0 Å². The van der Waals surface area contributed by atoms with Crippen LogP contribution in [0.25, 0.3) is 0 Å². The van der Waals surface area contributed by atoms with Gasteiger partial charge in [-0.3, -0.25) is 0 Å². The molecule has 19 heavy (non-hydrogen) atoms. The van der Waals surface area contributed by atoms with E-state index < -0.39 is 0 Å². The summed E-state index contributed by atoms with van der Waals surface area (Å²) in [5.41, 5.74) is 0.763. The Labute approximate surface area is 123 Å². The van der Waals surface area contributed by atoms with Crippen molar-refractivity contribution in [1.82, 2.24) is 9.97 Å². The van der Waals surface area contributed by atoms with Crippen LogP contribution in [0.2, 0.25) is 0 Å². The van der Waals surface area contributed by atoms with E-state index in [2.05, 4.69) is 35.1 Å². The first-order chi connectivity index (χ1) is 9.16. The highest BCUT2D eigenvalue weighted by Crippen LogP contribution is 2.41. The van der Waals surface area contributed by atoms with Crippen LogP contribution in [0.1, 0.15) is 51.0 Å². The molecule has 0 unspecified atom stereocenters. The minimum absolute atomic E-state index is 0.283. The van der Waals surface area contributed by atoms with Gasteiger partial charge in [-0.2, -0.15) is 0 Å². The summed E-state index contributed by atoms with van der Waals surface area (Å²) in [6.07, 6.45) is 5.28. The molecule has 1 fully saturated rings. The van der Waals surface area contributed by atoms with Gasteiger partial charge in [-0.05, 0) is 55.0 Å². The van der Waals surface area contributed by atoms with Crippen LogP contribution < -0.4 is 5.32 Å². The summed E-state index contributed by atoms with van der Waals surface area (Å²) < 4.78 is 6.77. The van der Waals surface area contributed by atoms with Crippen LogP contribution in [0.4, 0.5) is 5.82 Å². The second-order valence-electron chi connectivity index (χ2n) is 4.95. The van der Waals surface area contributed by atoms with Crippen molar-refractivity contribution in [2.24, 2.45) is 0 Å². The van der Waals surface area contributed by atoms with Gasteiger partial charge in [0.2, 0.25) is 0 Å². The zero-order valence-electron chi connectivity index (χ0n) is 11.9. The van der Waals surface area contributed by atoms with Crippen LogP contribution in [0, 0.1) is 0 Å². The number of hydrogen-bond donors (Lipinski definition) is 1. The molecule has 0 radical (unpaired) electrons. The highest BCUT2D eigenvalue weighted by Gasteiger charge is 2.39. The predicted molar refractivity (Wildman–Crippen MR) is 80.4 cm³/mol. The molecule has 2 rings (SSSR count). The van der Waals surface area contributed by atoms with Crippen molar-refractivity contribution in [3.05, 3.63) is 16.0 Å². The number of methoxy groups -OCH3 is 1. The fraction of sp³-hybridized carbons (Fsp3) is 0.714. The first-order valence-corrected chi connectivity index (χ1v) is 7.82. The smallest absolute Gasteiger partial charge is 0.162 e. The summed E-state index contributed by atoms with van der Waals surface area (Å²) in [6, 6.07) is 0. The lowest BCUT2D eigenvalue weighted by atomic mass is 10.0. The van der Waals surface area contributed by atoms with Gasteiger partial charge in [0.1, 0.15) is 11.4 Å². The third-order valence-electron chi connectivity index (χ3n) is 3.81. The Morgan fingerprint density at radius 1 is 1.26 bits per heavy atom. The Balaban J connectivity index is 2.47. The zero-order valence-corrected chi connectivity index (χ0v) is 13.5. The summed E-state index contributed by atoms with van der Waals surface area (Å²) in [5, 5.41) is 3.30. The molecule has 1 saturated carbocycles. The average molecular weight is 328 g/mol. The van der Waals surface area contributed by atoms with Gasteiger partial charge in [0, 0.05) is 13.7 Å². The monoisotopic (exact) mass is 327 g/mol. The van der Waals surface area contributed by atoms with E-state index in [1.807, 2.05) is 0 Å². The van der Waals surface area contributed by atoms with Crippen LogP contribution in [0.3, 0.4) is 0 Å². The summed E-state index contributed by atoms with van der Waals surface area (Å²) >= 11 is 3.60. The normalized spacial score (nSPS) is 17.7. The van der Waals surface area contributed by atoms with Gasteiger partial charge in [-0.25, -0.2) is 9.97 Å². The topological polar surface area (TPSA) is 47.0 Å². The molecule has 1 N–H and O–H groups in total. The molecule has 0 aliphatic heterocycles. The van der Waals surface area contributed by atoms with Gasteiger partial charge in [-0.15, -0.1) is 0 Å². The number of nitrogens with zero attached hydrogens (tertiary/aromatic N) is 2. The van der Waals surface area contributed by atoms with E-state index in [0.29, 0.717) is 0 Å². The number of hydrogen-bond acceptors (Lipinski definition) is 4. The van der Waals surface area contributed by atoms with Crippen molar-refractivity contribution in [3.8, 4) is 0 Å². The van der Waals surface area contributed by atoms with Crippen LogP contribution in [0.15, 0.2) is 4.47 Å². The molecule has 1 aliphatic rings. The van der Waals surface area contributed by atoms with Gasteiger partial charge >= 0.3 is 0 Å². The lowest BCUT2D eigenvalue weighted by molar-refractivity contribution is -0.0163. The highest BCUT2D eigenvalue weighted by molar-refractivity contribution is 9.10. The number of aryl methyl sites for hydroxylation is 1. The molecule has 1 aliphatic carbocycles. The summed E-state index contributed by atoms with van der Waals surface area (Å²) in [4.78, 5) is 9.44. The maximum atomic E-state index is 5.79. The minimum Gasteiger partial charge on any atom is -0.370 e. The minimum atomic E-state index is -0.283. The van der Waals surface area contributed by atoms with Crippen molar-refractivity contribution >= 4 is 21.7 Å². The molecule has 0 amide bonds. The largest absolute Gasteiger partial charge is 0.370 e. The van der Waals surface area contributed by atoms with Gasteiger partial charge in [0.05, 0.1) is 10.2 Å². The van der Waals surface area contributed by atoms with Crippen molar-refractivity contribution in [2.45, 2.75) is 51.6 Å². The number of aromatic nitrogens is 2. The highest BCUT2D eigenvalue weighted by atomic mass is 79.9. The van der Waals surface area contributed by atoms with Crippen molar-refractivity contribution < 1.29 is 4.74 Å². The third-order valence-corrected chi connectivity index (χ3v) is 4.64. The van der Waals surface area contributed by atoms with Crippen molar-refractivity contribution in [2.75, 3.05) is 19.0 Å². The molecule has 1 heterocycles. The van der Waals surface area contributed by atoms with Crippen molar-refractivity contribution in [3.63, 3.8) is 0 Å². The molecule has 0 aromatic carbocycles. The molecule has 106 valence electrons. The SMILES string of the molecule is CCNc1nc(C2(OC)CCCC2)nc(CC)c1Br. The van der Waals surface area contributed by atoms with Gasteiger partial charge in [-0.1, -0.05) is 6.92 Å². The fourth-order valence-corrected chi connectivity index (χ4v) is 3.28. The molecule has 0 bridgehead atoms. The molecule has 0 spiro atoms. The van der Waals surface area contributed by atoms with Crippen LogP contribution in [-0.2, 0) is 16.8 Å². The summed E-state index contributed by atoms with van der Waals surface area (Å²) in [6.45, 7) is 5.03. The molecule has 0 saturated heterocycles. The average Bonchev–Trinajstić information content (AvgIpc) is 2.91. The van der Waals surface area contributed by atoms with Crippen molar-refractivity contribution in [1.29, 1.82) is 0 Å². The molecule has 5 heteroatoms. The quantitative estimate of drug-likeness (QED) is 0.896. The van der Waals surface area contributed by atoms with E-state index in [-0.39, 0.29) is 5.60 Å². The first-order valence-electron chi connectivity index (χ1n) is 7.02. The standard InChI is InChI=1S/C14H22BrN3O/c1-4-10-11(15)12(16-5-2)18-13(17-10)14(19-3)8-6-7-9-14/h4-9H2,1-3H3,(H,16,17,18). The second-order valence-corrected chi connectivity index (χ2v) is 5.74. The van der Waals surface area contributed by atoms with Gasteiger partial charge in [0.25, 0.3) is 0 Å². The summed E-state index contributed by atoms with van der Waals surface area (Å²) in [5.74, 6) is 1.72. The first kappa shape index (κ1) is 14.7. The zero-order chi connectivity index (χ0) is 13.9. The molecule has 0 atom stereocenters. The van der Waals surface area contributed by atoms with Crippen LogP contribution >= 0.6 is 15.9 Å². The van der Waals surface area contributed by atoms with E-state index in [0.717, 1.165) is 47.6 Å². The molecular weight excluding hydrogens is 306 g/mol. The maximum absolute atomic E-state index is 5.79. The molecule has 1 aromatic rings. The van der Waals surface area contributed by atoms with E-state index in [1.54, 1.807) is 7.11 Å². The Morgan fingerprint density at radius 3 is 2.47 bits per heavy atom. The lowest BCUT2D eigenvalue weighted by Gasteiger charge is -2.27. The number of rotatable bonds is 5. The van der Waals surface area contributed by atoms with E-state index >= 15 is 0 Å². The second kappa shape index (κ2) is 6.18. The van der Waals surface area contributed by atoms with E-state index in [9.17, 15) is 0 Å². The van der Waals surface area contributed by atoms with Gasteiger partial charge in [0.15, 0.2) is 5.82 Å². The van der Waals surface area contributed by atoms with Gasteiger partial charge < -0.3 is 10.1 Å². The number of ether oxygens (including phenoxy) is 1. The van der Waals surface area contributed by atoms with E-state index in [1.165, 1.54) is 12.8 Å². The van der Waals surface area contributed by atoms with Crippen LogP contribution in [-0.4, -0.2) is 23.6 Å². The Hall–Kier alpha value is -0.680. The lowest BCUT2D eigenvalue weighted by Crippen LogP contribution is -2.28.